The van der Waals surface area contributed by atoms with Gasteiger partial charge in [-0.1, -0.05) is 60.7 Å². The maximum atomic E-state index is 12.1. The first kappa shape index (κ1) is 13.2. The van der Waals surface area contributed by atoms with Gasteiger partial charge in [0.2, 0.25) is 0 Å². The standard InChI is InChI=1S/C17H17N3O/c18-16-15(14-9-5-2-6-10-14)19-17(21)20(16)12-11-13-7-3-1-4-8-13/h1-10H,11-12,18H2,(H,19,21). The van der Waals surface area contributed by atoms with Crippen molar-refractivity contribution in [3.05, 3.63) is 76.7 Å². The highest BCUT2D eigenvalue weighted by Crippen LogP contribution is 2.22. The highest BCUT2D eigenvalue weighted by Gasteiger charge is 2.12. The van der Waals surface area contributed by atoms with E-state index in [2.05, 4.69) is 4.98 Å². The number of nitrogen functional groups attached to an aromatic ring is 1. The third kappa shape index (κ3) is 2.74. The van der Waals surface area contributed by atoms with Gasteiger partial charge < -0.3 is 10.7 Å². The largest absolute Gasteiger partial charge is 0.383 e. The lowest BCUT2D eigenvalue weighted by Crippen LogP contribution is -2.19. The zero-order valence-electron chi connectivity index (χ0n) is 11.6. The number of benzene rings is 2. The molecule has 0 aliphatic carbocycles. The second kappa shape index (κ2) is 5.71. The number of nitrogens with two attached hydrogens (primary N) is 1. The molecule has 0 saturated heterocycles. The molecule has 2 aromatic carbocycles. The van der Waals surface area contributed by atoms with Crippen LogP contribution in [0.2, 0.25) is 0 Å². The Kier molecular flexibility index (Phi) is 3.60. The van der Waals surface area contributed by atoms with Crippen LogP contribution in [0.15, 0.2) is 65.5 Å². The molecule has 4 nitrogen and oxygen atoms in total. The number of rotatable bonds is 4. The van der Waals surface area contributed by atoms with Crippen LogP contribution in [0.1, 0.15) is 5.56 Å². The lowest BCUT2D eigenvalue weighted by Gasteiger charge is -2.05. The lowest BCUT2D eigenvalue weighted by atomic mass is 10.1. The summed E-state index contributed by atoms with van der Waals surface area (Å²) in [4.78, 5) is 14.9. The molecule has 0 aliphatic rings. The average molecular weight is 279 g/mol. The summed E-state index contributed by atoms with van der Waals surface area (Å²) in [5, 5.41) is 0. The van der Waals surface area contributed by atoms with E-state index in [9.17, 15) is 4.79 Å². The molecular formula is C17H17N3O. The SMILES string of the molecule is Nc1c(-c2ccccc2)[nH]c(=O)n1CCc1ccccc1. The van der Waals surface area contributed by atoms with E-state index in [0.717, 1.165) is 12.0 Å². The van der Waals surface area contributed by atoms with E-state index in [1.807, 2.05) is 60.7 Å². The molecule has 0 spiro atoms. The van der Waals surface area contributed by atoms with Gasteiger partial charge >= 0.3 is 5.69 Å². The molecule has 3 N–H and O–H groups in total. The Bertz CT molecular complexity index is 773. The number of imidazole rings is 1. The molecule has 0 unspecified atom stereocenters. The zero-order chi connectivity index (χ0) is 14.7. The number of nitrogens with one attached hydrogen (secondary N) is 1. The van der Waals surface area contributed by atoms with Crippen molar-refractivity contribution in [2.75, 3.05) is 5.73 Å². The van der Waals surface area contributed by atoms with Crippen LogP contribution in [0.3, 0.4) is 0 Å². The minimum Gasteiger partial charge on any atom is -0.383 e. The van der Waals surface area contributed by atoms with E-state index in [4.69, 9.17) is 5.73 Å². The van der Waals surface area contributed by atoms with E-state index in [-0.39, 0.29) is 5.69 Å². The number of aromatic amines is 1. The third-order valence-electron chi connectivity index (χ3n) is 3.55. The zero-order valence-corrected chi connectivity index (χ0v) is 11.6. The van der Waals surface area contributed by atoms with Gasteiger partial charge in [-0.05, 0) is 12.0 Å². The molecule has 0 bridgehead atoms. The van der Waals surface area contributed by atoms with Crippen LogP contribution >= 0.6 is 0 Å². The molecule has 21 heavy (non-hydrogen) atoms. The van der Waals surface area contributed by atoms with Gasteiger partial charge in [0.25, 0.3) is 0 Å². The summed E-state index contributed by atoms with van der Waals surface area (Å²) >= 11 is 0. The normalized spacial score (nSPS) is 10.7. The molecule has 0 aliphatic heterocycles. The number of hydrogen-bond acceptors (Lipinski definition) is 2. The van der Waals surface area contributed by atoms with Crippen molar-refractivity contribution in [2.45, 2.75) is 13.0 Å². The average Bonchev–Trinajstić information content (AvgIpc) is 2.82. The molecule has 0 amide bonds. The fourth-order valence-electron chi connectivity index (χ4n) is 2.42. The first-order chi connectivity index (χ1) is 10.3. The summed E-state index contributed by atoms with van der Waals surface area (Å²) in [7, 11) is 0. The summed E-state index contributed by atoms with van der Waals surface area (Å²) in [5.74, 6) is 0.488. The number of nitrogens with zero attached hydrogens (tertiary/aromatic N) is 1. The maximum Gasteiger partial charge on any atom is 0.327 e. The second-order valence-electron chi connectivity index (χ2n) is 4.94. The Labute approximate surface area is 122 Å². The van der Waals surface area contributed by atoms with Crippen molar-refractivity contribution in [2.24, 2.45) is 0 Å². The second-order valence-corrected chi connectivity index (χ2v) is 4.94. The molecule has 0 radical (unpaired) electrons. The quantitative estimate of drug-likeness (QED) is 0.771. The predicted octanol–water partition coefficient (Wildman–Crippen LogP) is 2.67. The molecular weight excluding hydrogens is 262 g/mol. The summed E-state index contributed by atoms with van der Waals surface area (Å²) in [5.41, 5.74) is 8.76. The molecule has 1 aromatic heterocycles. The lowest BCUT2D eigenvalue weighted by molar-refractivity contribution is 0.680. The van der Waals surface area contributed by atoms with Crippen molar-refractivity contribution < 1.29 is 0 Å². The summed E-state index contributed by atoms with van der Waals surface area (Å²) < 4.78 is 1.59. The Morgan fingerprint density at radius 1 is 0.952 bits per heavy atom. The van der Waals surface area contributed by atoms with Crippen molar-refractivity contribution in [1.82, 2.24) is 9.55 Å². The van der Waals surface area contributed by atoms with Crippen molar-refractivity contribution in [1.29, 1.82) is 0 Å². The number of aryl methyl sites for hydroxylation is 1. The van der Waals surface area contributed by atoms with E-state index in [1.54, 1.807) is 4.57 Å². The third-order valence-corrected chi connectivity index (χ3v) is 3.55. The molecule has 106 valence electrons. The maximum absolute atomic E-state index is 12.1. The summed E-state index contributed by atoms with van der Waals surface area (Å²) in [6, 6.07) is 19.7. The summed E-state index contributed by atoms with van der Waals surface area (Å²) in [6.45, 7) is 0.567. The first-order valence-electron chi connectivity index (χ1n) is 6.93. The Hall–Kier alpha value is -2.75. The van der Waals surface area contributed by atoms with E-state index < -0.39 is 0 Å². The van der Waals surface area contributed by atoms with Crippen LogP contribution in [0, 0.1) is 0 Å². The van der Waals surface area contributed by atoms with Gasteiger partial charge in [-0.15, -0.1) is 0 Å². The number of anilines is 1. The smallest absolute Gasteiger partial charge is 0.327 e. The van der Waals surface area contributed by atoms with Gasteiger partial charge in [0.15, 0.2) is 0 Å². The Balaban J connectivity index is 1.87. The topological polar surface area (TPSA) is 63.8 Å². The van der Waals surface area contributed by atoms with Crippen LogP contribution in [0.5, 0.6) is 0 Å². The van der Waals surface area contributed by atoms with Gasteiger partial charge in [0.1, 0.15) is 5.82 Å². The molecule has 0 atom stereocenters. The van der Waals surface area contributed by atoms with Crippen LogP contribution in [-0.4, -0.2) is 9.55 Å². The fourth-order valence-corrected chi connectivity index (χ4v) is 2.42. The minimum atomic E-state index is -0.165. The summed E-state index contributed by atoms with van der Waals surface area (Å²) in [6.07, 6.45) is 0.775. The first-order valence-corrected chi connectivity index (χ1v) is 6.93. The van der Waals surface area contributed by atoms with Crippen LogP contribution < -0.4 is 11.4 Å². The number of H-pyrrole nitrogens is 1. The van der Waals surface area contributed by atoms with Gasteiger partial charge in [0.05, 0.1) is 5.69 Å². The monoisotopic (exact) mass is 279 g/mol. The van der Waals surface area contributed by atoms with E-state index in [0.29, 0.717) is 18.1 Å². The van der Waals surface area contributed by atoms with E-state index in [1.165, 1.54) is 5.56 Å². The highest BCUT2D eigenvalue weighted by atomic mass is 16.1. The van der Waals surface area contributed by atoms with Crippen LogP contribution in [0.4, 0.5) is 5.82 Å². The molecule has 0 saturated carbocycles. The molecule has 4 heteroatoms. The number of aromatic nitrogens is 2. The molecule has 1 heterocycles. The number of hydrogen-bond donors (Lipinski definition) is 2. The fraction of sp³-hybridized carbons (Fsp3) is 0.118. The molecule has 3 aromatic rings. The van der Waals surface area contributed by atoms with E-state index >= 15 is 0 Å². The van der Waals surface area contributed by atoms with Crippen molar-refractivity contribution >= 4 is 5.82 Å². The highest BCUT2D eigenvalue weighted by molar-refractivity contribution is 5.70. The molecule has 0 fully saturated rings. The van der Waals surface area contributed by atoms with Crippen LogP contribution in [0.25, 0.3) is 11.3 Å². The van der Waals surface area contributed by atoms with Crippen LogP contribution in [-0.2, 0) is 13.0 Å². The Morgan fingerprint density at radius 3 is 2.24 bits per heavy atom. The van der Waals surface area contributed by atoms with Crippen molar-refractivity contribution in [3.8, 4) is 11.3 Å². The predicted molar refractivity (Wildman–Crippen MR) is 85.0 cm³/mol. The molecule has 3 rings (SSSR count). The Morgan fingerprint density at radius 2 is 1.57 bits per heavy atom. The van der Waals surface area contributed by atoms with Crippen molar-refractivity contribution in [3.63, 3.8) is 0 Å². The minimum absolute atomic E-state index is 0.165. The van der Waals surface area contributed by atoms with Gasteiger partial charge in [-0.2, -0.15) is 0 Å². The van der Waals surface area contributed by atoms with Gasteiger partial charge in [-0.25, -0.2) is 4.79 Å². The van der Waals surface area contributed by atoms with Gasteiger partial charge in [-0.3, -0.25) is 4.57 Å². The van der Waals surface area contributed by atoms with Gasteiger partial charge in [0, 0.05) is 12.1 Å².